The van der Waals surface area contributed by atoms with E-state index in [1.807, 2.05) is 0 Å². The Morgan fingerprint density at radius 1 is 0.889 bits per heavy atom. The summed E-state index contributed by atoms with van der Waals surface area (Å²) in [5.41, 5.74) is 1.94. The molecule has 0 bridgehead atoms. The summed E-state index contributed by atoms with van der Waals surface area (Å²) >= 11 is 0. The molecule has 0 saturated heterocycles. The van der Waals surface area contributed by atoms with Gasteiger partial charge in [-0.2, -0.15) is 0 Å². The highest BCUT2D eigenvalue weighted by Gasteiger charge is 2.16. The van der Waals surface area contributed by atoms with Gasteiger partial charge in [0.2, 0.25) is 0 Å². The van der Waals surface area contributed by atoms with E-state index in [1.54, 1.807) is 0 Å². The van der Waals surface area contributed by atoms with Gasteiger partial charge >= 0.3 is 0 Å². The fourth-order valence-corrected chi connectivity index (χ4v) is 2.68. The van der Waals surface area contributed by atoms with Gasteiger partial charge in [0.05, 0.1) is 0 Å². The largest absolute Gasteiger partial charge is 0.0654 e. The fraction of sp³-hybridized carbons (Fsp3) is 0.444. The first-order chi connectivity index (χ1) is 8.61. The first kappa shape index (κ1) is 13.1. The molecule has 0 amide bonds. The molecule has 0 fully saturated rings. The molecule has 0 N–H and O–H groups in total. The summed E-state index contributed by atoms with van der Waals surface area (Å²) in [6, 6.07) is 15.5. The van der Waals surface area contributed by atoms with E-state index in [-0.39, 0.29) is 0 Å². The predicted molar refractivity (Wildman–Crippen MR) is 81.0 cm³/mol. The van der Waals surface area contributed by atoms with E-state index in [2.05, 4.69) is 63.2 Å². The van der Waals surface area contributed by atoms with Crippen LogP contribution >= 0.6 is 0 Å². The van der Waals surface area contributed by atoms with Crippen LogP contribution in [-0.4, -0.2) is 0 Å². The number of benzene rings is 2. The van der Waals surface area contributed by atoms with Gasteiger partial charge in [0, 0.05) is 0 Å². The van der Waals surface area contributed by atoms with Crippen LogP contribution in [0.25, 0.3) is 10.8 Å². The topological polar surface area (TPSA) is 0 Å². The molecule has 0 spiro atoms. The molecule has 0 heterocycles. The Kier molecular flexibility index (Phi) is 4.06. The van der Waals surface area contributed by atoms with E-state index < -0.39 is 0 Å². The average Bonchev–Trinajstić information content (AvgIpc) is 2.36. The van der Waals surface area contributed by atoms with Crippen LogP contribution in [0.15, 0.2) is 42.5 Å². The summed E-state index contributed by atoms with van der Waals surface area (Å²) in [5, 5.41) is 2.71. The van der Waals surface area contributed by atoms with Gasteiger partial charge in [0.15, 0.2) is 0 Å². The highest BCUT2D eigenvalue weighted by Crippen LogP contribution is 2.28. The van der Waals surface area contributed by atoms with Crippen LogP contribution in [0.2, 0.25) is 0 Å². The van der Waals surface area contributed by atoms with Gasteiger partial charge in [-0.1, -0.05) is 69.7 Å². The van der Waals surface area contributed by atoms with Crippen molar-refractivity contribution >= 4 is 10.8 Å². The number of fused-ring (bicyclic) bond motifs is 1. The van der Waals surface area contributed by atoms with Gasteiger partial charge in [-0.15, -0.1) is 0 Å². The maximum Gasteiger partial charge on any atom is -0.0181 e. The standard InChI is InChI=1S/C18H24/c1-4-12-18(2,3)13-11-15-9-10-16-7-5-6-8-17(16)14-15/h5-10,14H,4,11-13H2,1-3H3. The Labute approximate surface area is 111 Å². The molecule has 0 radical (unpaired) electrons. The molecule has 96 valence electrons. The van der Waals surface area contributed by atoms with E-state index >= 15 is 0 Å². The molecule has 0 aromatic heterocycles. The van der Waals surface area contributed by atoms with Gasteiger partial charge in [0.1, 0.15) is 0 Å². The van der Waals surface area contributed by atoms with Crippen molar-refractivity contribution in [2.45, 2.75) is 46.5 Å². The van der Waals surface area contributed by atoms with Crippen LogP contribution in [0.3, 0.4) is 0 Å². The summed E-state index contributed by atoms with van der Waals surface area (Å²) in [7, 11) is 0. The van der Waals surface area contributed by atoms with Crippen LogP contribution < -0.4 is 0 Å². The number of aryl methyl sites for hydroxylation is 1. The van der Waals surface area contributed by atoms with E-state index in [0.717, 1.165) is 0 Å². The Morgan fingerprint density at radius 3 is 2.33 bits per heavy atom. The molecular weight excluding hydrogens is 216 g/mol. The van der Waals surface area contributed by atoms with Crippen LogP contribution in [0, 0.1) is 5.41 Å². The second kappa shape index (κ2) is 5.56. The first-order valence-corrected chi connectivity index (χ1v) is 7.08. The molecule has 0 nitrogen and oxygen atoms in total. The first-order valence-electron chi connectivity index (χ1n) is 7.08. The smallest absolute Gasteiger partial charge is 0.0181 e. The van der Waals surface area contributed by atoms with Crippen LogP contribution in [-0.2, 0) is 6.42 Å². The highest BCUT2D eigenvalue weighted by atomic mass is 14.2. The van der Waals surface area contributed by atoms with Crippen molar-refractivity contribution in [2.24, 2.45) is 5.41 Å². The SMILES string of the molecule is CCCC(C)(C)CCc1ccc2ccccc2c1. The Balaban J connectivity index is 2.08. The van der Waals surface area contributed by atoms with Gasteiger partial charge in [-0.05, 0) is 41.0 Å². The van der Waals surface area contributed by atoms with Crippen molar-refractivity contribution in [3.05, 3.63) is 48.0 Å². The third-order valence-corrected chi connectivity index (χ3v) is 3.83. The molecule has 0 saturated carbocycles. The molecular formula is C18H24. The molecule has 0 aliphatic heterocycles. The molecule has 0 atom stereocenters. The molecule has 2 rings (SSSR count). The maximum atomic E-state index is 2.39. The molecule has 0 unspecified atom stereocenters. The lowest BCUT2D eigenvalue weighted by Gasteiger charge is -2.23. The minimum absolute atomic E-state index is 0.473. The molecule has 0 aliphatic carbocycles. The van der Waals surface area contributed by atoms with Crippen molar-refractivity contribution in [1.82, 2.24) is 0 Å². The van der Waals surface area contributed by atoms with Crippen LogP contribution in [0.1, 0.15) is 45.6 Å². The van der Waals surface area contributed by atoms with Crippen LogP contribution in [0.5, 0.6) is 0 Å². The fourth-order valence-electron chi connectivity index (χ4n) is 2.68. The quantitative estimate of drug-likeness (QED) is 0.638. The van der Waals surface area contributed by atoms with E-state index in [0.29, 0.717) is 5.41 Å². The predicted octanol–water partition coefficient (Wildman–Crippen LogP) is 5.60. The lowest BCUT2D eigenvalue weighted by Crippen LogP contribution is -2.11. The zero-order valence-corrected chi connectivity index (χ0v) is 11.9. The van der Waals surface area contributed by atoms with Crippen molar-refractivity contribution in [2.75, 3.05) is 0 Å². The zero-order chi connectivity index (χ0) is 13.0. The summed E-state index contributed by atoms with van der Waals surface area (Å²) in [4.78, 5) is 0. The monoisotopic (exact) mass is 240 g/mol. The van der Waals surface area contributed by atoms with Gasteiger partial charge in [-0.25, -0.2) is 0 Å². The Morgan fingerprint density at radius 2 is 1.61 bits per heavy atom. The van der Waals surface area contributed by atoms with Crippen molar-refractivity contribution in [3.8, 4) is 0 Å². The van der Waals surface area contributed by atoms with Crippen molar-refractivity contribution in [1.29, 1.82) is 0 Å². The lowest BCUT2D eigenvalue weighted by atomic mass is 9.82. The minimum Gasteiger partial charge on any atom is -0.0654 e. The molecule has 2 aromatic rings. The third kappa shape index (κ3) is 3.35. The number of hydrogen-bond donors (Lipinski definition) is 0. The van der Waals surface area contributed by atoms with Crippen LogP contribution in [0.4, 0.5) is 0 Å². The third-order valence-electron chi connectivity index (χ3n) is 3.83. The highest BCUT2D eigenvalue weighted by molar-refractivity contribution is 5.82. The van der Waals surface area contributed by atoms with Gasteiger partial charge in [0.25, 0.3) is 0 Å². The number of hydrogen-bond acceptors (Lipinski definition) is 0. The maximum absolute atomic E-state index is 2.39. The number of rotatable bonds is 5. The van der Waals surface area contributed by atoms with E-state index in [4.69, 9.17) is 0 Å². The molecule has 2 aromatic carbocycles. The second-order valence-corrected chi connectivity index (χ2v) is 6.10. The van der Waals surface area contributed by atoms with Crippen molar-refractivity contribution < 1.29 is 0 Å². The summed E-state index contributed by atoms with van der Waals surface area (Å²) in [5.74, 6) is 0. The second-order valence-electron chi connectivity index (χ2n) is 6.10. The average molecular weight is 240 g/mol. The lowest BCUT2D eigenvalue weighted by molar-refractivity contribution is 0.305. The van der Waals surface area contributed by atoms with Crippen molar-refractivity contribution in [3.63, 3.8) is 0 Å². The minimum atomic E-state index is 0.473. The summed E-state index contributed by atoms with van der Waals surface area (Å²) in [6.45, 7) is 7.05. The van der Waals surface area contributed by atoms with Gasteiger partial charge in [-0.3, -0.25) is 0 Å². The summed E-state index contributed by atoms with van der Waals surface area (Å²) in [6.07, 6.45) is 5.07. The normalized spacial score (nSPS) is 11.9. The molecule has 0 aliphatic rings. The molecule has 0 heteroatoms. The molecule has 18 heavy (non-hydrogen) atoms. The summed E-state index contributed by atoms with van der Waals surface area (Å²) < 4.78 is 0. The van der Waals surface area contributed by atoms with E-state index in [9.17, 15) is 0 Å². The Hall–Kier alpha value is -1.30. The Bertz CT molecular complexity index is 508. The van der Waals surface area contributed by atoms with E-state index in [1.165, 1.54) is 42.0 Å². The van der Waals surface area contributed by atoms with Gasteiger partial charge < -0.3 is 0 Å². The zero-order valence-electron chi connectivity index (χ0n) is 11.9.